The summed E-state index contributed by atoms with van der Waals surface area (Å²) < 4.78 is 4.30. The summed E-state index contributed by atoms with van der Waals surface area (Å²) in [6.45, 7) is 0. The van der Waals surface area contributed by atoms with Crippen LogP contribution in [0, 0.1) is 0 Å². The summed E-state index contributed by atoms with van der Waals surface area (Å²) in [7, 11) is 1.12. The van der Waals surface area contributed by atoms with Crippen LogP contribution in [0.5, 0.6) is 0 Å². The van der Waals surface area contributed by atoms with E-state index in [1.807, 2.05) is 0 Å². The summed E-state index contributed by atoms with van der Waals surface area (Å²) in [4.78, 5) is 11.0. The predicted octanol–water partition coefficient (Wildman–Crippen LogP) is 0.490. The Bertz CT molecular complexity index is 396. The molecule has 88 valence electrons. The van der Waals surface area contributed by atoms with E-state index in [9.17, 15) is 15.0 Å². The van der Waals surface area contributed by atoms with E-state index in [2.05, 4.69) is 4.74 Å². The summed E-state index contributed by atoms with van der Waals surface area (Å²) in [5.74, 6) is -0.916. The van der Waals surface area contributed by atoms with Crippen molar-refractivity contribution in [2.45, 2.75) is 12.2 Å². The first kappa shape index (κ1) is 12.8. The number of esters is 1. The van der Waals surface area contributed by atoms with Crippen molar-refractivity contribution in [1.29, 1.82) is 0 Å². The molecular weight excluding hydrogens is 234 g/mol. The number of benzene rings is 1. The minimum absolute atomic E-state index is 0.244. The van der Waals surface area contributed by atoms with E-state index < -0.39 is 18.2 Å². The Morgan fingerprint density at radius 3 is 2.62 bits per heavy atom. The number of anilines is 1. The fraction of sp³-hybridized carbons (Fsp3) is 0.300. The summed E-state index contributed by atoms with van der Waals surface area (Å²) >= 11 is 5.74. The summed E-state index contributed by atoms with van der Waals surface area (Å²) in [6, 6.07) is 4.33. The highest BCUT2D eigenvalue weighted by Crippen LogP contribution is 2.25. The lowest BCUT2D eigenvalue weighted by atomic mass is 10.0. The normalized spacial score (nSPS) is 14.2. The van der Waals surface area contributed by atoms with Gasteiger partial charge in [-0.2, -0.15) is 0 Å². The van der Waals surface area contributed by atoms with Gasteiger partial charge in [-0.3, -0.25) is 0 Å². The van der Waals surface area contributed by atoms with Crippen molar-refractivity contribution in [3.05, 3.63) is 28.8 Å². The van der Waals surface area contributed by atoms with Gasteiger partial charge in [0.15, 0.2) is 6.10 Å². The molecule has 1 aromatic rings. The SMILES string of the molecule is COC(=O)C(O)C(O)c1ccc(N)c(Cl)c1. The smallest absolute Gasteiger partial charge is 0.337 e. The van der Waals surface area contributed by atoms with Gasteiger partial charge >= 0.3 is 5.97 Å². The highest BCUT2D eigenvalue weighted by atomic mass is 35.5. The maximum Gasteiger partial charge on any atom is 0.337 e. The number of carbonyl (C=O) groups is 1. The first-order chi connectivity index (χ1) is 7.47. The van der Waals surface area contributed by atoms with Crippen LogP contribution < -0.4 is 5.73 Å². The van der Waals surface area contributed by atoms with Crippen molar-refractivity contribution >= 4 is 23.3 Å². The Kier molecular flexibility index (Phi) is 4.12. The third-order valence-corrected chi connectivity index (χ3v) is 2.44. The summed E-state index contributed by atoms with van der Waals surface area (Å²) in [6.07, 6.45) is -3.05. The van der Waals surface area contributed by atoms with Crippen LogP contribution in [0.2, 0.25) is 5.02 Å². The second kappa shape index (κ2) is 5.16. The van der Waals surface area contributed by atoms with Gasteiger partial charge in [-0.05, 0) is 17.7 Å². The number of nitrogen functional groups attached to an aromatic ring is 1. The molecule has 2 atom stereocenters. The monoisotopic (exact) mass is 245 g/mol. The molecule has 1 aromatic carbocycles. The van der Waals surface area contributed by atoms with E-state index in [0.717, 1.165) is 7.11 Å². The lowest BCUT2D eigenvalue weighted by molar-refractivity contribution is -0.156. The molecule has 0 aliphatic carbocycles. The summed E-state index contributed by atoms with van der Waals surface area (Å²) in [5.41, 5.74) is 6.12. The third-order valence-electron chi connectivity index (χ3n) is 2.11. The molecule has 1 rings (SSSR count). The molecule has 0 aromatic heterocycles. The molecule has 0 saturated heterocycles. The molecule has 0 aliphatic heterocycles. The van der Waals surface area contributed by atoms with E-state index in [1.54, 1.807) is 0 Å². The van der Waals surface area contributed by atoms with E-state index in [4.69, 9.17) is 17.3 Å². The number of aliphatic hydroxyl groups excluding tert-OH is 2. The van der Waals surface area contributed by atoms with Crippen LogP contribution in [0.4, 0.5) is 5.69 Å². The minimum Gasteiger partial charge on any atom is -0.467 e. The molecule has 0 aliphatic rings. The van der Waals surface area contributed by atoms with Crippen LogP contribution in [0.3, 0.4) is 0 Å². The number of hydrogen-bond donors (Lipinski definition) is 3. The van der Waals surface area contributed by atoms with Crippen molar-refractivity contribution in [3.63, 3.8) is 0 Å². The van der Waals surface area contributed by atoms with Crippen LogP contribution in [-0.2, 0) is 9.53 Å². The topological polar surface area (TPSA) is 92.8 Å². The third kappa shape index (κ3) is 2.63. The Morgan fingerprint density at radius 1 is 1.50 bits per heavy atom. The maximum absolute atomic E-state index is 11.0. The Labute approximate surface area is 97.4 Å². The molecule has 0 amide bonds. The van der Waals surface area contributed by atoms with Gasteiger partial charge in [-0.25, -0.2) is 4.79 Å². The number of hydrogen-bond acceptors (Lipinski definition) is 5. The lowest BCUT2D eigenvalue weighted by Crippen LogP contribution is -2.29. The highest BCUT2D eigenvalue weighted by Gasteiger charge is 2.26. The van der Waals surface area contributed by atoms with Crippen molar-refractivity contribution < 1.29 is 19.7 Å². The molecule has 2 unspecified atom stereocenters. The number of halogens is 1. The maximum atomic E-state index is 11.0. The van der Waals surface area contributed by atoms with Crippen molar-refractivity contribution in [2.75, 3.05) is 12.8 Å². The van der Waals surface area contributed by atoms with Crippen LogP contribution in [-0.4, -0.2) is 29.4 Å². The van der Waals surface area contributed by atoms with Gasteiger partial charge in [-0.15, -0.1) is 0 Å². The van der Waals surface area contributed by atoms with Gasteiger partial charge in [-0.1, -0.05) is 17.7 Å². The van der Waals surface area contributed by atoms with Gasteiger partial charge in [0.05, 0.1) is 17.8 Å². The Morgan fingerprint density at radius 2 is 2.12 bits per heavy atom. The number of aliphatic hydroxyl groups is 2. The van der Waals surface area contributed by atoms with Crippen LogP contribution >= 0.6 is 11.6 Å². The molecule has 0 saturated carbocycles. The zero-order chi connectivity index (χ0) is 12.3. The van der Waals surface area contributed by atoms with Gasteiger partial charge in [0, 0.05) is 0 Å². The second-order valence-corrected chi connectivity index (χ2v) is 3.60. The quantitative estimate of drug-likeness (QED) is 0.532. The molecule has 0 radical (unpaired) electrons. The average Bonchev–Trinajstić information content (AvgIpc) is 2.29. The fourth-order valence-corrected chi connectivity index (χ4v) is 1.35. The molecule has 0 fully saturated rings. The van der Waals surface area contributed by atoms with E-state index in [-0.39, 0.29) is 10.6 Å². The number of methoxy groups -OCH3 is 1. The first-order valence-corrected chi connectivity index (χ1v) is 4.84. The van der Waals surface area contributed by atoms with E-state index >= 15 is 0 Å². The number of rotatable bonds is 3. The van der Waals surface area contributed by atoms with E-state index in [0.29, 0.717) is 5.69 Å². The molecular formula is C10H12ClNO4. The highest BCUT2D eigenvalue weighted by molar-refractivity contribution is 6.33. The molecule has 16 heavy (non-hydrogen) atoms. The minimum atomic E-state index is -1.65. The van der Waals surface area contributed by atoms with E-state index in [1.165, 1.54) is 18.2 Å². The molecule has 0 heterocycles. The number of nitrogens with two attached hydrogens (primary N) is 1. The van der Waals surface area contributed by atoms with Crippen molar-refractivity contribution in [1.82, 2.24) is 0 Å². The number of carbonyl (C=O) groups excluding carboxylic acids is 1. The average molecular weight is 246 g/mol. The zero-order valence-corrected chi connectivity index (χ0v) is 9.31. The standard InChI is InChI=1S/C10H12ClNO4/c1-16-10(15)9(14)8(13)5-2-3-7(12)6(11)4-5/h2-4,8-9,13-14H,12H2,1H3. The number of ether oxygens (including phenoxy) is 1. The first-order valence-electron chi connectivity index (χ1n) is 4.46. The van der Waals surface area contributed by atoms with Crippen molar-refractivity contribution in [2.24, 2.45) is 0 Å². The molecule has 5 nitrogen and oxygen atoms in total. The predicted molar refractivity (Wildman–Crippen MR) is 58.8 cm³/mol. The molecule has 4 N–H and O–H groups in total. The van der Waals surface area contributed by atoms with Gasteiger partial charge < -0.3 is 20.7 Å². The van der Waals surface area contributed by atoms with Crippen molar-refractivity contribution in [3.8, 4) is 0 Å². The van der Waals surface area contributed by atoms with Crippen LogP contribution in [0.1, 0.15) is 11.7 Å². The lowest BCUT2D eigenvalue weighted by Gasteiger charge is -2.16. The Balaban J connectivity index is 2.91. The van der Waals surface area contributed by atoms with Crippen LogP contribution in [0.15, 0.2) is 18.2 Å². The largest absolute Gasteiger partial charge is 0.467 e. The summed E-state index contributed by atoms with van der Waals surface area (Å²) in [5, 5.41) is 19.3. The Hall–Kier alpha value is -1.30. The fourth-order valence-electron chi connectivity index (χ4n) is 1.16. The molecule has 0 spiro atoms. The zero-order valence-electron chi connectivity index (χ0n) is 8.55. The molecule has 0 bridgehead atoms. The van der Waals surface area contributed by atoms with Gasteiger partial charge in [0.1, 0.15) is 6.10 Å². The second-order valence-electron chi connectivity index (χ2n) is 3.19. The van der Waals surface area contributed by atoms with Gasteiger partial charge in [0.25, 0.3) is 0 Å². The van der Waals surface area contributed by atoms with Gasteiger partial charge in [0.2, 0.25) is 0 Å². The van der Waals surface area contributed by atoms with Crippen LogP contribution in [0.25, 0.3) is 0 Å². The molecule has 6 heteroatoms.